The smallest absolute Gasteiger partial charge is 0.259 e. The number of nitrogen functional groups attached to an aromatic ring is 1. The quantitative estimate of drug-likeness (QED) is 0.803. The van der Waals surface area contributed by atoms with Gasteiger partial charge in [-0.05, 0) is 49.9 Å². The van der Waals surface area contributed by atoms with Crippen LogP contribution in [0.5, 0.6) is 0 Å². The molecule has 2 aromatic rings. The van der Waals surface area contributed by atoms with Gasteiger partial charge in [0.15, 0.2) is 0 Å². The molecular weight excluding hydrogens is 288 g/mol. The third-order valence-corrected chi connectivity index (χ3v) is 4.72. The Hall–Kier alpha value is -1.86. The number of anilines is 1. The van der Waals surface area contributed by atoms with Gasteiger partial charge in [-0.2, -0.15) is 0 Å². The van der Waals surface area contributed by atoms with Crippen molar-refractivity contribution in [3.05, 3.63) is 22.6 Å². The molecule has 7 heteroatoms. The minimum atomic E-state index is -0.205. The summed E-state index contributed by atoms with van der Waals surface area (Å²) in [5.41, 5.74) is 7.75. The van der Waals surface area contributed by atoms with Crippen LogP contribution in [0.3, 0.4) is 0 Å². The van der Waals surface area contributed by atoms with E-state index in [2.05, 4.69) is 15.8 Å². The van der Waals surface area contributed by atoms with Crippen LogP contribution in [0.15, 0.2) is 16.0 Å². The highest BCUT2D eigenvalue weighted by atomic mass is 32.1. The lowest BCUT2D eigenvalue weighted by Gasteiger charge is -2.23. The van der Waals surface area contributed by atoms with Gasteiger partial charge in [0.05, 0.1) is 4.88 Å². The third kappa shape index (κ3) is 2.79. The summed E-state index contributed by atoms with van der Waals surface area (Å²) in [5, 5.41) is 12.2. The number of nitrogens with zero attached hydrogens (tertiary/aromatic N) is 1. The Kier molecular flexibility index (Phi) is 3.94. The average Bonchev–Trinajstić information content (AvgIpc) is 3.05. The van der Waals surface area contributed by atoms with Gasteiger partial charge in [-0.15, -0.1) is 11.3 Å². The van der Waals surface area contributed by atoms with Crippen LogP contribution in [-0.2, 0) is 0 Å². The first-order valence-electron chi connectivity index (χ1n) is 6.98. The molecule has 0 spiro atoms. The van der Waals surface area contributed by atoms with Crippen molar-refractivity contribution in [1.29, 1.82) is 0 Å². The Morgan fingerprint density at radius 3 is 2.95 bits per heavy atom. The zero-order valence-electron chi connectivity index (χ0n) is 11.8. The molecule has 3 heterocycles. The van der Waals surface area contributed by atoms with Gasteiger partial charge >= 0.3 is 0 Å². The van der Waals surface area contributed by atoms with E-state index >= 15 is 0 Å². The van der Waals surface area contributed by atoms with Crippen molar-refractivity contribution in [2.24, 2.45) is 0 Å². The zero-order chi connectivity index (χ0) is 14.8. The summed E-state index contributed by atoms with van der Waals surface area (Å²) in [6, 6.07) is 2.16. The van der Waals surface area contributed by atoms with Gasteiger partial charge < -0.3 is 20.9 Å². The summed E-state index contributed by atoms with van der Waals surface area (Å²) in [7, 11) is 0. The lowest BCUT2D eigenvalue weighted by molar-refractivity contribution is 0.0930. The van der Waals surface area contributed by atoms with Crippen LogP contribution in [0.4, 0.5) is 5.88 Å². The van der Waals surface area contributed by atoms with E-state index in [4.69, 9.17) is 10.3 Å². The van der Waals surface area contributed by atoms with E-state index in [9.17, 15) is 4.79 Å². The predicted molar refractivity (Wildman–Crippen MR) is 82.3 cm³/mol. The maximum atomic E-state index is 12.5. The molecule has 1 aliphatic rings. The first-order valence-corrected chi connectivity index (χ1v) is 7.86. The second-order valence-electron chi connectivity index (χ2n) is 5.20. The molecule has 2 aromatic heterocycles. The van der Waals surface area contributed by atoms with Crippen molar-refractivity contribution in [3.8, 4) is 10.6 Å². The average molecular weight is 306 g/mol. The van der Waals surface area contributed by atoms with Crippen LogP contribution in [0, 0.1) is 6.92 Å². The van der Waals surface area contributed by atoms with Gasteiger partial charge in [0.25, 0.3) is 5.91 Å². The molecule has 0 bridgehead atoms. The van der Waals surface area contributed by atoms with E-state index in [-0.39, 0.29) is 17.8 Å². The molecule has 0 atom stereocenters. The number of aromatic nitrogens is 1. The van der Waals surface area contributed by atoms with Crippen LogP contribution in [0.25, 0.3) is 10.6 Å². The summed E-state index contributed by atoms with van der Waals surface area (Å²) >= 11 is 1.53. The fraction of sp³-hybridized carbons (Fsp3) is 0.429. The van der Waals surface area contributed by atoms with Gasteiger partial charge in [0, 0.05) is 6.04 Å². The highest BCUT2D eigenvalue weighted by molar-refractivity contribution is 7.13. The maximum absolute atomic E-state index is 12.5. The highest BCUT2D eigenvalue weighted by Gasteiger charge is 2.26. The Morgan fingerprint density at radius 2 is 2.29 bits per heavy atom. The summed E-state index contributed by atoms with van der Waals surface area (Å²) in [4.78, 5) is 13.4. The maximum Gasteiger partial charge on any atom is 0.259 e. The van der Waals surface area contributed by atoms with E-state index in [0.717, 1.165) is 36.4 Å². The summed E-state index contributed by atoms with van der Waals surface area (Å²) in [6.07, 6.45) is 1.84. The number of aryl methyl sites for hydroxylation is 1. The Bertz CT molecular complexity index is 643. The molecular formula is C14H18N4O2S. The number of hydrogen-bond donors (Lipinski definition) is 3. The Labute approximate surface area is 126 Å². The monoisotopic (exact) mass is 306 g/mol. The molecule has 1 fully saturated rings. The second kappa shape index (κ2) is 5.87. The standard InChI is InChI=1S/C14H18N4O2S/c1-8-4-7-21-12(8)11-10(13(15)20-18-11)14(19)17-9-2-5-16-6-3-9/h4,7,9,16H,2-3,5-6,15H2,1H3,(H,17,19). The van der Waals surface area contributed by atoms with Crippen LogP contribution in [-0.4, -0.2) is 30.2 Å². The summed E-state index contributed by atoms with van der Waals surface area (Å²) in [5.74, 6) is -0.132. The number of rotatable bonds is 3. The molecule has 0 aromatic carbocycles. The minimum absolute atomic E-state index is 0.0734. The van der Waals surface area contributed by atoms with E-state index < -0.39 is 0 Å². The van der Waals surface area contributed by atoms with Gasteiger partial charge in [-0.25, -0.2) is 0 Å². The van der Waals surface area contributed by atoms with Crippen molar-refractivity contribution in [2.45, 2.75) is 25.8 Å². The van der Waals surface area contributed by atoms with Crippen LogP contribution in [0.1, 0.15) is 28.8 Å². The van der Waals surface area contributed by atoms with Crippen molar-refractivity contribution < 1.29 is 9.32 Å². The summed E-state index contributed by atoms with van der Waals surface area (Å²) < 4.78 is 5.05. The van der Waals surface area contributed by atoms with E-state index in [1.807, 2.05) is 18.4 Å². The lowest BCUT2D eigenvalue weighted by Crippen LogP contribution is -2.42. The van der Waals surface area contributed by atoms with Crippen molar-refractivity contribution in [1.82, 2.24) is 15.8 Å². The van der Waals surface area contributed by atoms with Crippen molar-refractivity contribution in [3.63, 3.8) is 0 Å². The summed E-state index contributed by atoms with van der Waals surface area (Å²) in [6.45, 7) is 3.81. The lowest BCUT2D eigenvalue weighted by atomic mass is 10.1. The normalized spacial score (nSPS) is 16.0. The molecule has 3 rings (SSSR count). The third-order valence-electron chi connectivity index (χ3n) is 3.70. The predicted octanol–water partition coefficient (Wildman–Crippen LogP) is 1.78. The second-order valence-corrected chi connectivity index (χ2v) is 6.12. The molecule has 0 saturated carbocycles. The number of nitrogens with two attached hydrogens (primary N) is 1. The van der Waals surface area contributed by atoms with Gasteiger partial charge in [0.1, 0.15) is 11.3 Å². The van der Waals surface area contributed by atoms with E-state index in [0.29, 0.717) is 11.3 Å². The number of hydrogen-bond acceptors (Lipinski definition) is 6. The molecule has 112 valence electrons. The number of carbonyl (C=O) groups excluding carboxylic acids is 1. The molecule has 21 heavy (non-hydrogen) atoms. The van der Waals surface area contributed by atoms with Crippen LogP contribution < -0.4 is 16.4 Å². The minimum Gasteiger partial charge on any atom is -0.367 e. The molecule has 4 N–H and O–H groups in total. The molecule has 0 unspecified atom stereocenters. The molecule has 0 aliphatic carbocycles. The molecule has 1 saturated heterocycles. The highest BCUT2D eigenvalue weighted by Crippen LogP contribution is 2.33. The first kappa shape index (κ1) is 14.1. The number of nitrogens with one attached hydrogen (secondary N) is 2. The largest absolute Gasteiger partial charge is 0.367 e. The van der Waals surface area contributed by atoms with E-state index in [1.54, 1.807) is 0 Å². The Morgan fingerprint density at radius 1 is 1.52 bits per heavy atom. The van der Waals surface area contributed by atoms with Crippen LogP contribution >= 0.6 is 11.3 Å². The van der Waals surface area contributed by atoms with Crippen LogP contribution in [0.2, 0.25) is 0 Å². The fourth-order valence-corrected chi connectivity index (χ4v) is 3.43. The fourth-order valence-electron chi connectivity index (χ4n) is 2.52. The SMILES string of the molecule is Cc1ccsc1-c1noc(N)c1C(=O)NC1CCNCC1. The van der Waals surface area contributed by atoms with Gasteiger partial charge in [-0.3, -0.25) is 4.79 Å². The van der Waals surface area contributed by atoms with E-state index in [1.165, 1.54) is 11.3 Å². The Balaban J connectivity index is 1.86. The molecule has 1 aliphatic heterocycles. The number of carbonyl (C=O) groups is 1. The topological polar surface area (TPSA) is 93.2 Å². The number of thiophene rings is 1. The van der Waals surface area contributed by atoms with Gasteiger partial charge in [-0.1, -0.05) is 5.16 Å². The molecule has 6 nitrogen and oxygen atoms in total. The first-order chi connectivity index (χ1) is 10.2. The zero-order valence-corrected chi connectivity index (χ0v) is 12.6. The van der Waals surface area contributed by atoms with Crippen molar-refractivity contribution >= 4 is 23.1 Å². The van der Waals surface area contributed by atoms with Crippen molar-refractivity contribution in [2.75, 3.05) is 18.8 Å². The number of amides is 1. The molecule has 0 radical (unpaired) electrons. The molecule has 1 amide bonds. The van der Waals surface area contributed by atoms with Gasteiger partial charge in [0.2, 0.25) is 5.88 Å². The number of piperidine rings is 1.